The largest absolute Gasteiger partial charge is 0.459 e. The molecule has 4 bridgehead atoms. The Morgan fingerprint density at radius 3 is 2.45 bits per heavy atom. The fourth-order valence-corrected chi connectivity index (χ4v) is 5.37. The lowest BCUT2D eigenvalue weighted by Gasteiger charge is -2.57. The van der Waals surface area contributed by atoms with Crippen molar-refractivity contribution >= 4 is 5.97 Å². The molecule has 0 spiro atoms. The number of fused-ring (bicyclic) bond motifs is 3. The summed E-state index contributed by atoms with van der Waals surface area (Å²) in [5.74, 6) is 0.383. The van der Waals surface area contributed by atoms with Gasteiger partial charge in [-0.15, -0.1) is 0 Å². The van der Waals surface area contributed by atoms with Gasteiger partial charge in [0.1, 0.15) is 6.10 Å². The van der Waals surface area contributed by atoms with Crippen molar-refractivity contribution in [1.82, 2.24) is 4.90 Å². The van der Waals surface area contributed by atoms with Crippen molar-refractivity contribution in [2.24, 2.45) is 17.3 Å². The van der Waals surface area contributed by atoms with Crippen LogP contribution in [0.2, 0.25) is 0 Å². The first kappa shape index (κ1) is 14.7. The van der Waals surface area contributed by atoms with Gasteiger partial charge in [0.2, 0.25) is 0 Å². The number of nitrogens with zero attached hydrogens (tertiary/aromatic N) is 1. The molecule has 0 aromatic rings. The Kier molecular flexibility index (Phi) is 3.22. The van der Waals surface area contributed by atoms with E-state index in [1.165, 1.54) is 12.8 Å². The van der Waals surface area contributed by atoms with Gasteiger partial charge in [0.05, 0.1) is 6.10 Å². The summed E-state index contributed by atoms with van der Waals surface area (Å²) in [4.78, 5) is 15.1. The molecular weight excluding hydrogens is 278 g/mol. The maximum atomic E-state index is 12.6. The Morgan fingerprint density at radius 1 is 1.27 bits per heavy atom. The molecule has 3 aliphatic carbocycles. The number of hydrogen-bond donors (Lipinski definition) is 1. The van der Waals surface area contributed by atoms with E-state index in [1.54, 1.807) is 6.08 Å². The predicted octanol–water partition coefficient (Wildman–Crippen LogP) is 2.12. The van der Waals surface area contributed by atoms with E-state index >= 15 is 0 Å². The zero-order valence-electron chi connectivity index (χ0n) is 13.8. The fourth-order valence-electron chi connectivity index (χ4n) is 5.37. The van der Waals surface area contributed by atoms with Crippen LogP contribution in [0.3, 0.4) is 0 Å². The van der Waals surface area contributed by atoms with Crippen LogP contribution in [0, 0.1) is 17.3 Å². The summed E-state index contributed by atoms with van der Waals surface area (Å²) in [6.07, 6.45) is 6.64. The number of carbonyl (C=O) groups is 1. The molecule has 0 aromatic heterocycles. The van der Waals surface area contributed by atoms with E-state index in [-0.39, 0.29) is 23.4 Å². The quantitative estimate of drug-likeness (QED) is 0.794. The van der Waals surface area contributed by atoms with Crippen molar-refractivity contribution in [3.63, 3.8) is 0 Å². The molecule has 2 aliphatic heterocycles. The van der Waals surface area contributed by atoms with Gasteiger partial charge in [-0.05, 0) is 49.6 Å². The maximum Gasteiger partial charge on any atom is 0.334 e. The molecule has 1 N–H and O–H groups in total. The molecule has 0 aromatic carbocycles. The van der Waals surface area contributed by atoms with Crippen molar-refractivity contribution < 1.29 is 14.6 Å². The van der Waals surface area contributed by atoms with E-state index in [0.717, 1.165) is 24.8 Å². The monoisotopic (exact) mass is 305 g/mol. The molecule has 0 radical (unpaired) electrons. The van der Waals surface area contributed by atoms with E-state index in [1.807, 2.05) is 0 Å². The first-order valence-electron chi connectivity index (χ1n) is 8.70. The third kappa shape index (κ3) is 2.00. The Balaban J connectivity index is 1.45. The van der Waals surface area contributed by atoms with Crippen molar-refractivity contribution in [1.29, 1.82) is 0 Å². The van der Waals surface area contributed by atoms with Crippen LogP contribution in [0.15, 0.2) is 11.6 Å². The third-order valence-corrected chi connectivity index (χ3v) is 7.05. The van der Waals surface area contributed by atoms with Crippen LogP contribution in [-0.2, 0) is 9.53 Å². The zero-order valence-corrected chi connectivity index (χ0v) is 13.8. The van der Waals surface area contributed by atoms with Gasteiger partial charge in [-0.1, -0.05) is 13.8 Å². The standard InChI is InChI=1S/C18H27NO3/c1-18(2)14-9-15(18)16(20)8-13(14)17(21)22-12-6-10-4-5-11(7-12)19(10)3/h8,10-12,14-16,20H,4-7,9H2,1-3H3/t10-,11+,12?,14-,15+,16-/m1/s1. The minimum atomic E-state index is -0.490. The molecule has 4 nitrogen and oxygen atoms in total. The van der Waals surface area contributed by atoms with Crippen LogP contribution in [-0.4, -0.2) is 47.3 Å². The number of carbonyl (C=O) groups excluding carboxylic acids is 1. The second-order valence-corrected chi connectivity index (χ2v) is 8.38. The highest BCUT2D eigenvalue weighted by Gasteiger charge is 2.57. The summed E-state index contributed by atoms with van der Waals surface area (Å²) >= 11 is 0. The molecule has 22 heavy (non-hydrogen) atoms. The topological polar surface area (TPSA) is 49.8 Å². The summed E-state index contributed by atoms with van der Waals surface area (Å²) in [5.41, 5.74) is 0.750. The van der Waals surface area contributed by atoms with E-state index in [4.69, 9.17) is 4.74 Å². The fraction of sp³-hybridized carbons (Fsp3) is 0.833. The minimum absolute atomic E-state index is 0.0222. The number of hydrogen-bond acceptors (Lipinski definition) is 4. The summed E-state index contributed by atoms with van der Waals surface area (Å²) in [6.45, 7) is 4.32. The Morgan fingerprint density at radius 2 is 1.91 bits per heavy atom. The number of esters is 1. The molecule has 1 unspecified atom stereocenters. The molecule has 5 aliphatic rings. The average Bonchev–Trinajstić information content (AvgIpc) is 2.68. The molecule has 122 valence electrons. The van der Waals surface area contributed by atoms with Gasteiger partial charge in [-0.25, -0.2) is 4.79 Å². The van der Waals surface area contributed by atoms with Crippen LogP contribution in [0.4, 0.5) is 0 Å². The van der Waals surface area contributed by atoms with E-state index in [2.05, 4.69) is 25.8 Å². The molecular formula is C18H27NO3. The van der Waals surface area contributed by atoms with E-state index < -0.39 is 6.10 Å². The number of rotatable bonds is 2. The highest BCUT2D eigenvalue weighted by atomic mass is 16.5. The van der Waals surface area contributed by atoms with Crippen molar-refractivity contribution in [2.45, 2.75) is 70.2 Å². The van der Waals surface area contributed by atoms with Crippen LogP contribution in [0.5, 0.6) is 0 Å². The maximum absolute atomic E-state index is 12.6. The Hall–Kier alpha value is -0.870. The second-order valence-electron chi connectivity index (χ2n) is 8.38. The Bertz CT molecular complexity index is 512. The normalized spacial score (nSPS) is 45.9. The van der Waals surface area contributed by atoms with E-state index in [0.29, 0.717) is 18.0 Å². The number of aliphatic hydroxyl groups is 1. The number of ether oxygens (including phenoxy) is 1. The highest BCUT2D eigenvalue weighted by molar-refractivity contribution is 5.90. The van der Waals surface area contributed by atoms with Crippen molar-refractivity contribution in [3.05, 3.63) is 11.6 Å². The van der Waals surface area contributed by atoms with Gasteiger partial charge in [0, 0.05) is 30.5 Å². The van der Waals surface area contributed by atoms with Gasteiger partial charge in [0.25, 0.3) is 0 Å². The van der Waals surface area contributed by atoms with Crippen LogP contribution >= 0.6 is 0 Å². The van der Waals surface area contributed by atoms with Crippen LogP contribution in [0.1, 0.15) is 46.0 Å². The molecule has 2 saturated heterocycles. The molecule has 1 saturated carbocycles. The van der Waals surface area contributed by atoms with Crippen LogP contribution in [0.25, 0.3) is 0 Å². The lowest BCUT2D eigenvalue weighted by atomic mass is 9.48. The third-order valence-electron chi connectivity index (χ3n) is 7.05. The molecule has 4 heteroatoms. The molecule has 2 heterocycles. The Labute approximate surface area is 132 Å². The first-order valence-corrected chi connectivity index (χ1v) is 8.70. The van der Waals surface area contributed by atoms with Crippen LogP contribution < -0.4 is 0 Å². The van der Waals surface area contributed by atoms with Gasteiger partial charge in [-0.2, -0.15) is 0 Å². The zero-order chi connectivity index (χ0) is 15.6. The molecule has 6 atom stereocenters. The smallest absolute Gasteiger partial charge is 0.334 e. The second kappa shape index (κ2) is 4.81. The highest BCUT2D eigenvalue weighted by Crippen LogP contribution is 2.59. The summed E-state index contributed by atoms with van der Waals surface area (Å²) in [6, 6.07) is 1.15. The lowest BCUT2D eigenvalue weighted by molar-refractivity contribution is -0.154. The first-order chi connectivity index (χ1) is 10.4. The van der Waals surface area contributed by atoms with Gasteiger partial charge in [-0.3, -0.25) is 0 Å². The van der Waals surface area contributed by atoms with Gasteiger partial charge in [0.15, 0.2) is 0 Å². The molecule has 5 rings (SSSR count). The molecule has 0 amide bonds. The van der Waals surface area contributed by atoms with Gasteiger partial charge >= 0.3 is 5.97 Å². The van der Waals surface area contributed by atoms with Crippen molar-refractivity contribution in [2.75, 3.05) is 7.05 Å². The summed E-state index contributed by atoms with van der Waals surface area (Å²) in [7, 11) is 2.19. The SMILES string of the molecule is CN1[C@@H]2CC[C@H]1CC(OC(=O)C1=C[C@@H](O)[C@@H]3C[C@H]1C3(C)C)C2. The minimum Gasteiger partial charge on any atom is -0.459 e. The van der Waals surface area contributed by atoms with Gasteiger partial charge < -0.3 is 14.7 Å². The number of piperidine rings is 1. The molecule has 3 fully saturated rings. The average molecular weight is 305 g/mol. The van der Waals surface area contributed by atoms with Crippen molar-refractivity contribution in [3.8, 4) is 0 Å². The van der Waals surface area contributed by atoms with E-state index in [9.17, 15) is 9.90 Å². The number of aliphatic hydroxyl groups excluding tert-OH is 1. The summed E-state index contributed by atoms with van der Waals surface area (Å²) in [5, 5.41) is 10.2. The summed E-state index contributed by atoms with van der Waals surface area (Å²) < 4.78 is 5.85. The predicted molar refractivity (Wildman–Crippen MR) is 83.2 cm³/mol. The lowest BCUT2D eigenvalue weighted by Crippen LogP contribution is -2.55.